The maximum atomic E-state index is 12.1. The second-order valence-corrected chi connectivity index (χ2v) is 6.74. The van der Waals surface area contributed by atoms with Crippen LogP contribution in [0.2, 0.25) is 0 Å². The van der Waals surface area contributed by atoms with Crippen molar-refractivity contribution in [3.05, 3.63) is 51.4 Å². The van der Waals surface area contributed by atoms with Gasteiger partial charge in [-0.2, -0.15) is 0 Å². The molecule has 4 nitrogen and oxygen atoms in total. The molecule has 0 amide bonds. The van der Waals surface area contributed by atoms with Gasteiger partial charge in [0.05, 0.1) is 12.5 Å². The van der Waals surface area contributed by atoms with Crippen molar-refractivity contribution in [1.82, 2.24) is 9.97 Å². The van der Waals surface area contributed by atoms with Crippen LogP contribution in [0.4, 0.5) is 0 Å². The van der Waals surface area contributed by atoms with E-state index in [-0.39, 0.29) is 5.56 Å². The lowest BCUT2D eigenvalue weighted by Crippen LogP contribution is -2.09. The molecule has 2 heterocycles. The molecular formula is C17H16N2O2S2. The Hall–Kier alpha value is -2.05. The second-order valence-electron chi connectivity index (χ2n) is 5.00. The van der Waals surface area contributed by atoms with Gasteiger partial charge in [0.25, 0.3) is 5.56 Å². The molecule has 118 valence electrons. The molecule has 3 rings (SSSR count). The van der Waals surface area contributed by atoms with Crippen molar-refractivity contribution in [3.8, 4) is 5.75 Å². The van der Waals surface area contributed by atoms with Crippen molar-refractivity contribution in [2.75, 3.05) is 13.4 Å². The van der Waals surface area contributed by atoms with Crippen LogP contribution in [-0.4, -0.2) is 23.3 Å². The van der Waals surface area contributed by atoms with E-state index in [1.54, 1.807) is 24.9 Å². The minimum Gasteiger partial charge on any atom is -0.496 e. The van der Waals surface area contributed by atoms with E-state index in [0.29, 0.717) is 11.2 Å². The highest BCUT2D eigenvalue weighted by Crippen LogP contribution is 2.29. The molecule has 0 saturated carbocycles. The number of aromatic amines is 1. The highest BCUT2D eigenvalue weighted by Gasteiger charge is 2.07. The lowest BCUT2D eigenvalue weighted by atomic mass is 10.1. The Kier molecular flexibility index (Phi) is 4.54. The Bertz CT molecular complexity index is 941. The summed E-state index contributed by atoms with van der Waals surface area (Å²) in [4.78, 5) is 21.3. The van der Waals surface area contributed by atoms with Crippen LogP contribution in [0.15, 0.2) is 39.3 Å². The number of thioether (sulfide) groups is 1. The lowest BCUT2D eigenvalue weighted by Gasteiger charge is -2.07. The fraction of sp³-hybridized carbons (Fsp3) is 0.176. The Morgan fingerprint density at radius 3 is 2.96 bits per heavy atom. The number of rotatable bonds is 4. The summed E-state index contributed by atoms with van der Waals surface area (Å²) in [6.07, 6.45) is 4.03. The number of hydrogen-bond acceptors (Lipinski definition) is 5. The highest BCUT2D eigenvalue weighted by molar-refractivity contribution is 7.98. The number of H-pyrrole nitrogens is 1. The van der Waals surface area contributed by atoms with E-state index in [9.17, 15) is 4.79 Å². The van der Waals surface area contributed by atoms with Gasteiger partial charge in [-0.1, -0.05) is 6.07 Å². The summed E-state index contributed by atoms with van der Waals surface area (Å²) in [7, 11) is 1.67. The summed E-state index contributed by atoms with van der Waals surface area (Å²) < 4.78 is 5.34. The van der Waals surface area contributed by atoms with E-state index in [1.165, 1.54) is 11.3 Å². The Balaban J connectivity index is 2.02. The van der Waals surface area contributed by atoms with Gasteiger partial charge in [-0.15, -0.1) is 23.1 Å². The van der Waals surface area contributed by atoms with E-state index in [4.69, 9.17) is 4.74 Å². The first-order valence-corrected chi connectivity index (χ1v) is 9.11. The summed E-state index contributed by atoms with van der Waals surface area (Å²) in [5.41, 5.74) is 1.86. The van der Waals surface area contributed by atoms with Crippen LogP contribution in [0.25, 0.3) is 21.9 Å². The molecule has 3 aromatic rings. The topological polar surface area (TPSA) is 55.0 Å². The molecular weight excluding hydrogens is 328 g/mol. The molecule has 1 aromatic carbocycles. The van der Waals surface area contributed by atoms with Crippen molar-refractivity contribution in [3.63, 3.8) is 0 Å². The van der Waals surface area contributed by atoms with Gasteiger partial charge >= 0.3 is 0 Å². The number of benzene rings is 1. The number of nitrogens with one attached hydrogen (secondary N) is 1. The lowest BCUT2D eigenvalue weighted by molar-refractivity contribution is 0.405. The number of aromatic nitrogens is 2. The van der Waals surface area contributed by atoms with Gasteiger partial charge in [-0.3, -0.25) is 4.79 Å². The summed E-state index contributed by atoms with van der Waals surface area (Å²) in [6, 6.07) is 7.80. The number of thiophene rings is 1. The molecule has 0 bridgehead atoms. The predicted octanol–water partition coefficient (Wildman–Crippen LogP) is 4.28. The van der Waals surface area contributed by atoms with E-state index < -0.39 is 0 Å². The molecule has 6 heteroatoms. The van der Waals surface area contributed by atoms with Gasteiger partial charge in [-0.05, 0) is 54.0 Å². The van der Waals surface area contributed by atoms with Crippen LogP contribution in [0.1, 0.15) is 18.3 Å². The van der Waals surface area contributed by atoms with Crippen molar-refractivity contribution in [2.24, 2.45) is 0 Å². The zero-order valence-corrected chi connectivity index (χ0v) is 14.7. The maximum Gasteiger partial charge on any atom is 0.259 e. The first kappa shape index (κ1) is 15.8. The van der Waals surface area contributed by atoms with Gasteiger partial charge in [0.1, 0.15) is 16.4 Å². The minimum atomic E-state index is -0.0986. The number of methoxy groups -OCH3 is 1. The fourth-order valence-corrected chi connectivity index (χ4v) is 3.68. The minimum absolute atomic E-state index is 0.0986. The van der Waals surface area contributed by atoms with Crippen molar-refractivity contribution >= 4 is 45.0 Å². The average Bonchev–Trinajstić information content (AvgIpc) is 3.03. The van der Waals surface area contributed by atoms with Crippen molar-refractivity contribution < 1.29 is 4.74 Å². The van der Waals surface area contributed by atoms with Gasteiger partial charge in [0.2, 0.25) is 0 Å². The number of ether oxygens (including phenoxy) is 1. The second kappa shape index (κ2) is 6.60. The number of allylic oxidation sites excluding steroid dienone is 1. The summed E-state index contributed by atoms with van der Waals surface area (Å²) in [5, 5.41) is 2.52. The molecule has 23 heavy (non-hydrogen) atoms. The van der Waals surface area contributed by atoms with Crippen LogP contribution in [0.3, 0.4) is 0 Å². The highest BCUT2D eigenvalue weighted by atomic mass is 32.2. The number of nitrogens with zero attached hydrogens (tertiary/aromatic N) is 1. The zero-order valence-electron chi connectivity index (χ0n) is 13.0. The summed E-state index contributed by atoms with van der Waals surface area (Å²) in [5.74, 6) is 1.46. The van der Waals surface area contributed by atoms with Crippen LogP contribution in [0.5, 0.6) is 5.75 Å². The molecule has 0 aliphatic carbocycles. The Labute approximate surface area is 142 Å². The third-order valence-corrected chi connectivity index (χ3v) is 5.06. The molecule has 2 aromatic heterocycles. The Morgan fingerprint density at radius 2 is 2.22 bits per heavy atom. The van der Waals surface area contributed by atoms with Crippen LogP contribution < -0.4 is 10.3 Å². The first-order valence-electron chi connectivity index (χ1n) is 7.00. The van der Waals surface area contributed by atoms with Gasteiger partial charge in [0, 0.05) is 4.90 Å². The molecule has 0 radical (unpaired) electrons. The largest absolute Gasteiger partial charge is 0.496 e. The molecule has 1 N–H and O–H groups in total. The molecule has 0 fully saturated rings. The number of hydrogen-bond donors (Lipinski definition) is 1. The van der Waals surface area contributed by atoms with E-state index >= 15 is 0 Å². The molecule has 0 atom stereocenters. The molecule has 0 aliphatic heterocycles. The van der Waals surface area contributed by atoms with E-state index in [0.717, 1.165) is 26.6 Å². The third kappa shape index (κ3) is 3.18. The van der Waals surface area contributed by atoms with Crippen LogP contribution >= 0.6 is 23.1 Å². The summed E-state index contributed by atoms with van der Waals surface area (Å²) in [6.45, 7) is 1.95. The molecule has 0 aliphatic rings. The fourth-order valence-electron chi connectivity index (χ4n) is 2.31. The first-order chi connectivity index (χ1) is 11.1. The summed E-state index contributed by atoms with van der Waals surface area (Å²) >= 11 is 3.11. The van der Waals surface area contributed by atoms with E-state index in [1.807, 2.05) is 36.8 Å². The van der Waals surface area contributed by atoms with E-state index in [2.05, 4.69) is 16.0 Å². The quantitative estimate of drug-likeness (QED) is 0.718. The molecule has 0 saturated heterocycles. The maximum absolute atomic E-state index is 12.1. The van der Waals surface area contributed by atoms with Gasteiger partial charge in [-0.25, -0.2) is 4.98 Å². The Morgan fingerprint density at radius 1 is 1.39 bits per heavy atom. The molecule has 0 unspecified atom stereocenters. The van der Waals surface area contributed by atoms with Crippen LogP contribution in [-0.2, 0) is 0 Å². The molecule has 0 spiro atoms. The van der Waals surface area contributed by atoms with Crippen LogP contribution in [0, 0.1) is 0 Å². The SMILES string of the molecule is COc1ccc(C=C(C)c2nc3sccc3c(=O)[nH]2)cc1SC. The smallest absolute Gasteiger partial charge is 0.259 e. The zero-order chi connectivity index (χ0) is 16.4. The standard InChI is InChI=1S/C17H16N2O2S2/c1-10(8-11-4-5-13(21-2)14(9-11)22-3)15-18-16(20)12-6-7-23-17(12)19-15/h4-9H,1-3H3,(H,18,19,20). The van der Waals surface area contributed by atoms with Crippen molar-refractivity contribution in [1.29, 1.82) is 0 Å². The predicted molar refractivity (Wildman–Crippen MR) is 98.6 cm³/mol. The van der Waals surface area contributed by atoms with Gasteiger partial charge in [0.15, 0.2) is 0 Å². The van der Waals surface area contributed by atoms with Crippen molar-refractivity contribution in [2.45, 2.75) is 11.8 Å². The van der Waals surface area contributed by atoms with Gasteiger partial charge < -0.3 is 9.72 Å². The monoisotopic (exact) mass is 344 g/mol. The normalized spacial score (nSPS) is 11.9. The third-order valence-electron chi connectivity index (χ3n) is 3.50. The average molecular weight is 344 g/mol. The number of fused-ring (bicyclic) bond motifs is 1.